The molecule has 5 nitrogen and oxygen atoms in total. The van der Waals surface area contributed by atoms with Gasteiger partial charge in [0, 0.05) is 49.3 Å². The Bertz CT molecular complexity index is 952. The lowest BCUT2D eigenvalue weighted by atomic mass is 10.1. The summed E-state index contributed by atoms with van der Waals surface area (Å²) in [5.41, 5.74) is 4.24. The zero-order valence-electron chi connectivity index (χ0n) is 15.5. The van der Waals surface area contributed by atoms with E-state index in [1.165, 1.54) is 0 Å². The molecule has 5 heteroatoms. The van der Waals surface area contributed by atoms with Gasteiger partial charge in [0.05, 0.1) is 0 Å². The van der Waals surface area contributed by atoms with Crippen molar-refractivity contribution in [3.8, 4) is 11.4 Å². The number of hydrogen-bond acceptors (Lipinski definition) is 1. The van der Waals surface area contributed by atoms with E-state index in [0.717, 1.165) is 22.5 Å². The summed E-state index contributed by atoms with van der Waals surface area (Å²) in [7, 11) is 0. The molecule has 28 heavy (non-hydrogen) atoms. The SMILES string of the molecule is O=C(NCc1ccccc1-n1cccc1)NCc1ccccc1-n1cccc1. The van der Waals surface area contributed by atoms with E-state index in [-0.39, 0.29) is 6.03 Å². The largest absolute Gasteiger partial charge is 0.334 e. The lowest BCUT2D eigenvalue weighted by Gasteiger charge is -2.14. The summed E-state index contributed by atoms with van der Waals surface area (Å²) < 4.78 is 4.09. The maximum Gasteiger partial charge on any atom is 0.315 e. The molecule has 140 valence electrons. The zero-order valence-corrected chi connectivity index (χ0v) is 15.5. The van der Waals surface area contributed by atoms with Crippen molar-refractivity contribution >= 4 is 6.03 Å². The van der Waals surface area contributed by atoms with E-state index in [1.54, 1.807) is 0 Å². The zero-order chi connectivity index (χ0) is 19.2. The first-order chi connectivity index (χ1) is 13.8. The molecule has 0 saturated carbocycles. The molecule has 0 spiro atoms. The summed E-state index contributed by atoms with van der Waals surface area (Å²) >= 11 is 0. The molecule has 2 aromatic carbocycles. The Balaban J connectivity index is 1.38. The summed E-state index contributed by atoms with van der Waals surface area (Å²) in [4.78, 5) is 12.3. The molecule has 0 fully saturated rings. The van der Waals surface area contributed by atoms with Crippen LogP contribution in [0.2, 0.25) is 0 Å². The summed E-state index contributed by atoms with van der Waals surface area (Å²) in [6.45, 7) is 0.916. The van der Waals surface area contributed by atoms with Crippen molar-refractivity contribution in [3.63, 3.8) is 0 Å². The Labute approximate surface area is 164 Å². The van der Waals surface area contributed by atoms with Crippen molar-refractivity contribution < 1.29 is 4.79 Å². The maximum absolute atomic E-state index is 12.3. The van der Waals surface area contributed by atoms with Crippen LogP contribution in [0.4, 0.5) is 4.79 Å². The number of amides is 2. The van der Waals surface area contributed by atoms with E-state index in [4.69, 9.17) is 0 Å². The first-order valence-corrected chi connectivity index (χ1v) is 9.25. The van der Waals surface area contributed by atoms with Crippen molar-refractivity contribution in [2.24, 2.45) is 0 Å². The first-order valence-electron chi connectivity index (χ1n) is 9.25. The number of nitrogens with one attached hydrogen (secondary N) is 2. The molecule has 0 atom stereocenters. The van der Waals surface area contributed by atoms with Crippen molar-refractivity contribution in [1.82, 2.24) is 19.8 Å². The van der Waals surface area contributed by atoms with Gasteiger partial charge in [0.25, 0.3) is 0 Å². The van der Waals surface area contributed by atoms with E-state index >= 15 is 0 Å². The van der Waals surface area contributed by atoms with Gasteiger partial charge in [-0.15, -0.1) is 0 Å². The van der Waals surface area contributed by atoms with Gasteiger partial charge >= 0.3 is 6.03 Å². The molecule has 0 unspecified atom stereocenters. The minimum absolute atomic E-state index is 0.190. The molecule has 0 aliphatic rings. The van der Waals surface area contributed by atoms with Crippen LogP contribution < -0.4 is 10.6 Å². The molecular formula is C23H22N4O. The maximum atomic E-state index is 12.3. The number of aromatic nitrogens is 2. The lowest BCUT2D eigenvalue weighted by Crippen LogP contribution is -2.35. The van der Waals surface area contributed by atoms with Gasteiger partial charge in [-0.3, -0.25) is 0 Å². The Morgan fingerprint density at radius 3 is 1.43 bits per heavy atom. The van der Waals surface area contributed by atoms with Crippen molar-refractivity contribution in [2.45, 2.75) is 13.1 Å². The van der Waals surface area contributed by atoms with Gasteiger partial charge < -0.3 is 19.8 Å². The molecule has 0 aliphatic heterocycles. The van der Waals surface area contributed by atoms with Crippen LogP contribution in [0, 0.1) is 0 Å². The smallest absolute Gasteiger partial charge is 0.315 e. The highest BCUT2D eigenvalue weighted by atomic mass is 16.2. The first kappa shape index (κ1) is 17.7. The third-order valence-corrected chi connectivity index (χ3v) is 4.63. The van der Waals surface area contributed by atoms with Gasteiger partial charge in [-0.2, -0.15) is 0 Å². The van der Waals surface area contributed by atoms with Gasteiger partial charge in [-0.1, -0.05) is 36.4 Å². The average molecular weight is 370 g/mol. The highest BCUT2D eigenvalue weighted by Gasteiger charge is 2.08. The minimum atomic E-state index is -0.190. The fraction of sp³-hybridized carbons (Fsp3) is 0.0870. The Morgan fingerprint density at radius 2 is 1.00 bits per heavy atom. The molecule has 2 N–H and O–H groups in total. The molecule has 0 bridgehead atoms. The number of para-hydroxylation sites is 2. The second-order valence-corrected chi connectivity index (χ2v) is 6.47. The Morgan fingerprint density at radius 1 is 0.607 bits per heavy atom. The van der Waals surface area contributed by atoms with Crippen LogP contribution in [-0.2, 0) is 13.1 Å². The fourth-order valence-corrected chi connectivity index (χ4v) is 3.23. The third-order valence-electron chi connectivity index (χ3n) is 4.63. The molecular weight excluding hydrogens is 348 g/mol. The predicted octanol–water partition coefficient (Wildman–Crippen LogP) is 4.27. The molecule has 2 amide bonds. The van der Waals surface area contributed by atoms with Crippen LogP contribution in [0.3, 0.4) is 0 Å². The number of hydrogen-bond donors (Lipinski definition) is 2. The van der Waals surface area contributed by atoms with Gasteiger partial charge in [0.2, 0.25) is 0 Å². The van der Waals surface area contributed by atoms with Crippen LogP contribution in [0.1, 0.15) is 11.1 Å². The standard InChI is InChI=1S/C23H22N4O/c28-23(24-17-19-9-1-3-11-21(19)26-13-5-6-14-26)25-18-20-10-2-4-12-22(20)27-15-7-8-16-27/h1-16H,17-18H2,(H2,24,25,28). The predicted molar refractivity (Wildman–Crippen MR) is 111 cm³/mol. The molecule has 0 saturated heterocycles. The minimum Gasteiger partial charge on any atom is -0.334 e. The van der Waals surface area contributed by atoms with Crippen LogP contribution in [0.5, 0.6) is 0 Å². The highest BCUT2D eigenvalue weighted by Crippen LogP contribution is 2.15. The van der Waals surface area contributed by atoms with Gasteiger partial charge in [-0.25, -0.2) is 4.79 Å². The van der Waals surface area contributed by atoms with Gasteiger partial charge in [-0.05, 0) is 47.5 Å². The monoisotopic (exact) mass is 370 g/mol. The van der Waals surface area contributed by atoms with Crippen LogP contribution in [0.25, 0.3) is 11.4 Å². The van der Waals surface area contributed by atoms with E-state index in [1.807, 2.05) is 107 Å². The van der Waals surface area contributed by atoms with E-state index in [0.29, 0.717) is 13.1 Å². The van der Waals surface area contributed by atoms with E-state index in [2.05, 4.69) is 10.6 Å². The lowest BCUT2D eigenvalue weighted by molar-refractivity contribution is 0.240. The van der Waals surface area contributed by atoms with E-state index in [9.17, 15) is 4.79 Å². The Hall–Kier alpha value is -3.73. The molecule has 0 aliphatic carbocycles. The molecule has 4 rings (SSSR count). The number of benzene rings is 2. The molecule has 2 heterocycles. The summed E-state index contributed by atoms with van der Waals surface area (Å²) in [6.07, 6.45) is 7.99. The van der Waals surface area contributed by atoms with Crippen molar-refractivity contribution in [2.75, 3.05) is 0 Å². The topological polar surface area (TPSA) is 51.0 Å². The summed E-state index contributed by atoms with van der Waals surface area (Å²) in [6, 6.07) is 23.8. The number of carbonyl (C=O) groups excluding carboxylic acids is 1. The van der Waals surface area contributed by atoms with Gasteiger partial charge in [0.15, 0.2) is 0 Å². The second kappa shape index (κ2) is 8.31. The molecule has 2 aromatic heterocycles. The Kier molecular flexibility index (Phi) is 5.24. The highest BCUT2D eigenvalue weighted by molar-refractivity contribution is 5.74. The quantitative estimate of drug-likeness (QED) is 0.523. The van der Waals surface area contributed by atoms with Crippen LogP contribution in [-0.4, -0.2) is 15.2 Å². The second-order valence-electron chi connectivity index (χ2n) is 6.47. The molecule has 0 radical (unpaired) electrons. The number of rotatable bonds is 6. The summed E-state index contributed by atoms with van der Waals surface area (Å²) in [5.74, 6) is 0. The number of carbonyl (C=O) groups is 1. The summed E-state index contributed by atoms with van der Waals surface area (Å²) in [5, 5.41) is 5.91. The van der Waals surface area contributed by atoms with Gasteiger partial charge in [0.1, 0.15) is 0 Å². The molecule has 4 aromatic rings. The van der Waals surface area contributed by atoms with E-state index < -0.39 is 0 Å². The fourth-order valence-electron chi connectivity index (χ4n) is 3.23. The average Bonchev–Trinajstić information content (AvgIpc) is 3.45. The third kappa shape index (κ3) is 3.99. The number of urea groups is 1. The van der Waals surface area contributed by atoms with Crippen LogP contribution >= 0.6 is 0 Å². The van der Waals surface area contributed by atoms with Crippen LogP contribution in [0.15, 0.2) is 97.6 Å². The normalized spacial score (nSPS) is 10.6. The van der Waals surface area contributed by atoms with Crippen molar-refractivity contribution in [1.29, 1.82) is 0 Å². The number of nitrogens with zero attached hydrogens (tertiary/aromatic N) is 2. The van der Waals surface area contributed by atoms with Crippen molar-refractivity contribution in [3.05, 3.63) is 109 Å².